The first-order valence-corrected chi connectivity index (χ1v) is 6.34. The summed E-state index contributed by atoms with van der Waals surface area (Å²) in [5.41, 5.74) is 0.636. The van der Waals surface area contributed by atoms with Crippen LogP contribution < -0.4 is 0 Å². The Bertz CT molecular complexity index is 568. The predicted octanol–water partition coefficient (Wildman–Crippen LogP) is 2.92. The van der Waals surface area contributed by atoms with Crippen LogP contribution in [0.1, 0.15) is 25.7 Å². The first-order valence-electron chi connectivity index (χ1n) is 5.54. The monoisotopic (exact) mass is 313 g/mol. The van der Waals surface area contributed by atoms with Gasteiger partial charge in [0.1, 0.15) is 12.4 Å². The summed E-state index contributed by atoms with van der Waals surface area (Å²) in [7, 11) is 0. The van der Waals surface area contributed by atoms with Gasteiger partial charge in [0, 0.05) is 11.6 Å². The molecule has 0 unspecified atom stereocenters. The maximum atomic E-state index is 13.5. The number of rotatable bonds is 3. The molecular formula is C12H13BrFN3O. The lowest BCUT2D eigenvalue weighted by molar-refractivity contribution is 0.262. The van der Waals surface area contributed by atoms with E-state index in [1.54, 1.807) is 16.7 Å². The highest BCUT2D eigenvalue weighted by molar-refractivity contribution is 9.10. The van der Waals surface area contributed by atoms with E-state index in [1.807, 2.05) is 13.8 Å². The number of benzene rings is 1. The molecule has 4 nitrogen and oxygen atoms in total. The van der Waals surface area contributed by atoms with E-state index < -0.39 is 0 Å². The summed E-state index contributed by atoms with van der Waals surface area (Å²) < 4.78 is 15.7. The lowest BCUT2D eigenvalue weighted by atomic mass is 10.2. The van der Waals surface area contributed by atoms with Gasteiger partial charge < -0.3 is 9.67 Å². The maximum absolute atomic E-state index is 13.5. The zero-order chi connectivity index (χ0) is 13.3. The fourth-order valence-electron chi connectivity index (χ4n) is 1.81. The van der Waals surface area contributed by atoms with Crippen molar-refractivity contribution in [3.63, 3.8) is 0 Å². The van der Waals surface area contributed by atoms with Crippen molar-refractivity contribution >= 4 is 15.9 Å². The number of hydrogen-bond acceptors (Lipinski definition) is 3. The Morgan fingerprint density at radius 2 is 2.11 bits per heavy atom. The Morgan fingerprint density at radius 3 is 2.67 bits per heavy atom. The summed E-state index contributed by atoms with van der Waals surface area (Å²) >= 11 is 3.11. The smallest absolute Gasteiger partial charge is 0.164 e. The van der Waals surface area contributed by atoms with E-state index in [9.17, 15) is 9.50 Å². The van der Waals surface area contributed by atoms with Gasteiger partial charge in [-0.25, -0.2) is 4.39 Å². The molecular weight excluding hydrogens is 301 g/mol. The van der Waals surface area contributed by atoms with Crippen molar-refractivity contribution < 1.29 is 9.50 Å². The number of aromatic nitrogens is 3. The molecule has 0 fully saturated rings. The van der Waals surface area contributed by atoms with E-state index in [4.69, 9.17) is 0 Å². The highest BCUT2D eigenvalue weighted by Crippen LogP contribution is 2.26. The third-order valence-electron chi connectivity index (χ3n) is 2.60. The highest BCUT2D eigenvalue weighted by atomic mass is 79.9. The summed E-state index contributed by atoms with van der Waals surface area (Å²) in [5, 5.41) is 17.2. The van der Waals surface area contributed by atoms with Crippen LogP contribution >= 0.6 is 15.9 Å². The van der Waals surface area contributed by atoms with Crippen LogP contribution in [-0.2, 0) is 6.61 Å². The number of aliphatic hydroxyl groups excluding tert-OH is 1. The van der Waals surface area contributed by atoms with Crippen LogP contribution in [0.5, 0.6) is 0 Å². The van der Waals surface area contributed by atoms with E-state index in [0.29, 0.717) is 21.7 Å². The third kappa shape index (κ3) is 2.30. The largest absolute Gasteiger partial charge is 0.388 e. The fourth-order valence-corrected chi connectivity index (χ4v) is 2.05. The zero-order valence-corrected chi connectivity index (χ0v) is 11.6. The van der Waals surface area contributed by atoms with Gasteiger partial charge in [0.2, 0.25) is 0 Å². The van der Waals surface area contributed by atoms with E-state index >= 15 is 0 Å². The Kier molecular flexibility index (Phi) is 3.77. The standard InChI is InChI=1S/C12H13BrFN3O/c1-7(2)17-11(6-18)15-16-12(17)8-3-4-9(13)10(14)5-8/h3-5,7,18H,6H2,1-2H3. The van der Waals surface area contributed by atoms with Gasteiger partial charge in [0.05, 0.1) is 4.47 Å². The molecule has 1 aromatic heterocycles. The van der Waals surface area contributed by atoms with Crippen LogP contribution in [0.25, 0.3) is 11.4 Å². The second kappa shape index (κ2) is 5.16. The maximum Gasteiger partial charge on any atom is 0.164 e. The van der Waals surface area contributed by atoms with Gasteiger partial charge in [-0.05, 0) is 48.0 Å². The normalized spacial score (nSPS) is 11.2. The van der Waals surface area contributed by atoms with Crippen LogP contribution in [0.15, 0.2) is 22.7 Å². The zero-order valence-electron chi connectivity index (χ0n) is 10.1. The number of halogens is 2. The lowest BCUT2D eigenvalue weighted by Gasteiger charge is -2.13. The summed E-state index contributed by atoms with van der Waals surface area (Å²) in [4.78, 5) is 0. The minimum Gasteiger partial charge on any atom is -0.388 e. The third-order valence-corrected chi connectivity index (χ3v) is 3.25. The average Bonchev–Trinajstić information content (AvgIpc) is 2.76. The van der Waals surface area contributed by atoms with E-state index in [1.165, 1.54) is 6.07 Å². The lowest BCUT2D eigenvalue weighted by Crippen LogP contribution is -2.08. The summed E-state index contributed by atoms with van der Waals surface area (Å²) in [5.74, 6) is 0.681. The van der Waals surface area contributed by atoms with Crippen LogP contribution in [-0.4, -0.2) is 19.9 Å². The van der Waals surface area contributed by atoms with Gasteiger partial charge in [-0.15, -0.1) is 10.2 Å². The van der Waals surface area contributed by atoms with Crippen molar-refractivity contribution in [1.82, 2.24) is 14.8 Å². The minimum absolute atomic E-state index is 0.0869. The summed E-state index contributed by atoms with van der Waals surface area (Å²) in [6.07, 6.45) is 0. The van der Waals surface area contributed by atoms with E-state index in [2.05, 4.69) is 26.1 Å². The van der Waals surface area contributed by atoms with Crippen molar-refractivity contribution in [3.8, 4) is 11.4 Å². The molecule has 18 heavy (non-hydrogen) atoms. The molecule has 1 heterocycles. The Hall–Kier alpha value is -1.27. The molecule has 0 aliphatic rings. The molecule has 0 saturated heterocycles. The first kappa shape index (κ1) is 13.2. The molecule has 0 aliphatic heterocycles. The van der Waals surface area contributed by atoms with Gasteiger partial charge in [-0.1, -0.05) is 0 Å². The van der Waals surface area contributed by atoms with Crippen LogP contribution in [0.3, 0.4) is 0 Å². The van der Waals surface area contributed by atoms with E-state index in [0.717, 1.165) is 0 Å². The molecule has 1 aromatic carbocycles. The average molecular weight is 314 g/mol. The molecule has 0 radical (unpaired) electrons. The molecule has 2 rings (SSSR count). The predicted molar refractivity (Wildman–Crippen MR) is 69.4 cm³/mol. The quantitative estimate of drug-likeness (QED) is 0.948. The molecule has 0 atom stereocenters. The van der Waals surface area contributed by atoms with Crippen molar-refractivity contribution in [2.45, 2.75) is 26.5 Å². The first-order chi connectivity index (χ1) is 8.54. The number of hydrogen-bond donors (Lipinski definition) is 1. The van der Waals surface area contributed by atoms with Crippen LogP contribution in [0.4, 0.5) is 4.39 Å². The van der Waals surface area contributed by atoms with Crippen molar-refractivity contribution in [3.05, 3.63) is 34.3 Å². The SMILES string of the molecule is CC(C)n1c(CO)nnc1-c1ccc(Br)c(F)c1. The molecule has 0 saturated carbocycles. The van der Waals surface area contributed by atoms with Crippen LogP contribution in [0.2, 0.25) is 0 Å². The summed E-state index contributed by atoms with van der Waals surface area (Å²) in [6, 6.07) is 4.87. The molecule has 0 aliphatic carbocycles. The second-order valence-corrected chi connectivity index (χ2v) is 5.04. The van der Waals surface area contributed by atoms with Gasteiger partial charge in [-0.2, -0.15) is 0 Å². The summed E-state index contributed by atoms with van der Waals surface area (Å²) in [6.45, 7) is 3.73. The molecule has 0 spiro atoms. The molecule has 96 valence electrons. The van der Waals surface area contributed by atoms with E-state index in [-0.39, 0.29) is 18.5 Å². The molecule has 6 heteroatoms. The minimum atomic E-state index is -0.351. The molecule has 2 aromatic rings. The Balaban J connectivity index is 2.56. The van der Waals surface area contributed by atoms with Gasteiger partial charge in [0.15, 0.2) is 11.6 Å². The molecule has 1 N–H and O–H groups in total. The van der Waals surface area contributed by atoms with Crippen molar-refractivity contribution in [2.24, 2.45) is 0 Å². The fraction of sp³-hybridized carbons (Fsp3) is 0.333. The molecule has 0 bridgehead atoms. The van der Waals surface area contributed by atoms with Crippen molar-refractivity contribution in [2.75, 3.05) is 0 Å². The van der Waals surface area contributed by atoms with Gasteiger partial charge >= 0.3 is 0 Å². The Labute approximate surface area is 113 Å². The second-order valence-electron chi connectivity index (χ2n) is 4.19. The topological polar surface area (TPSA) is 50.9 Å². The van der Waals surface area contributed by atoms with Gasteiger partial charge in [-0.3, -0.25) is 0 Å². The van der Waals surface area contributed by atoms with Crippen molar-refractivity contribution in [1.29, 1.82) is 0 Å². The molecule has 0 amide bonds. The number of aliphatic hydroxyl groups is 1. The number of nitrogens with zero attached hydrogens (tertiary/aromatic N) is 3. The van der Waals surface area contributed by atoms with Crippen LogP contribution in [0, 0.1) is 5.82 Å². The highest BCUT2D eigenvalue weighted by Gasteiger charge is 2.16. The van der Waals surface area contributed by atoms with Gasteiger partial charge in [0.25, 0.3) is 0 Å². The Morgan fingerprint density at radius 1 is 1.39 bits per heavy atom.